The summed E-state index contributed by atoms with van der Waals surface area (Å²) in [6.07, 6.45) is 1.40. The lowest BCUT2D eigenvalue weighted by Crippen LogP contribution is -2.42. The summed E-state index contributed by atoms with van der Waals surface area (Å²) >= 11 is 5.98. The Morgan fingerprint density at radius 2 is 2.33 bits per heavy atom. The number of nitrogens with one attached hydrogen (secondary N) is 1. The fourth-order valence-electron chi connectivity index (χ4n) is 2.73. The normalized spacial score (nSPS) is 18.2. The summed E-state index contributed by atoms with van der Waals surface area (Å²) in [7, 11) is 0. The number of ether oxygens (including phenoxy) is 1. The van der Waals surface area contributed by atoms with Crippen LogP contribution in [0, 0.1) is 6.92 Å². The van der Waals surface area contributed by atoms with Gasteiger partial charge in [-0.3, -0.25) is 9.89 Å². The molecule has 1 aliphatic rings. The van der Waals surface area contributed by atoms with Gasteiger partial charge < -0.3 is 9.64 Å². The van der Waals surface area contributed by atoms with Crippen molar-refractivity contribution in [2.75, 3.05) is 19.7 Å². The molecule has 1 amide bonds. The van der Waals surface area contributed by atoms with Crippen molar-refractivity contribution in [2.24, 2.45) is 0 Å². The van der Waals surface area contributed by atoms with Gasteiger partial charge in [0.25, 0.3) is 5.91 Å². The minimum Gasteiger partial charge on any atom is -0.366 e. The Labute approximate surface area is 142 Å². The fraction of sp³-hybridized carbons (Fsp3) is 0.333. The Hall–Kier alpha value is -2.45. The first-order valence-electron chi connectivity index (χ1n) is 7.55. The number of aryl methyl sites for hydroxylation is 1. The number of pyridine rings is 1. The molecule has 8 nitrogen and oxygen atoms in total. The van der Waals surface area contributed by atoms with Gasteiger partial charge in [-0.2, -0.15) is 10.2 Å². The Bertz CT molecular complexity index is 904. The monoisotopic (exact) mass is 346 g/mol. The largest absolute Gasteiger partial charge is 0.366 e. The number of carbonyl (C=O) groups excluding carboxylic acids is 1. The molecule has 0 radical (unpaired) electrons. The number of rotatable bonds is 2. The van der Waals surface area contributed by atoms with E-state index in [4.69, 9.17) is 16.3 Å². The van der Waals surface area contributed by atoms with Crippen LogP contribution in [0.15, 0.2) is 24.4 Å². The number of H-pyrrole nitrogens is 1. The highest BCUT2D eigenvalue weighted by Crippen LogP contribution is 2.21. The third-order valence-corrected chi connectivity index (χ3v) is 4.14. The van der Waals surface area contributed by atoms with Gasteiger partial charge >= 0.3 is 0 Å². The highest BCUT2D eigenvalue weighted by molar-refractivity contribution is 6.30. The van der Waals surface area contributed by atoms with E-state index in [0.717, 1.165) is 5.52 Å². The minimum absolute atomic E-state index is 0.143. The highest BCUT2D eigenvalue weighted by atomic mass is 35.5. The van der Waals surface area contributed by atoms with Crippen LogP contribution in [0.3, 0.4) is 0 Å². The Balaban J connectivity index is 1.56. The lowest BCUT2D eigenvalue weighted by molar-refractivity contribution is -0.0268. The number of amides is 1. The number of hydrogen-bond donors (Lipinski definition) is 1. The average Bonchev–Trinajstić information content (AvgIpc) is 3.20. The highest BCUT2D eigenvalue weighted by Gasteiger charge is 2.29. The van der Waals surface area contributed by atoms with Gasteiger partial charge in [0, 0.05) is 17.8 Å². The molecule has 0 aliphatic carbocycles. The van der Waals surface area contributed by atoms with Crippen LogP contribution >= 0.6 is 11.6 Å². The van der Waals surface area contributed by atoms with Crippen molar-refractivity contribution >= 4 is 23.0 Å². The molecular formula is C15H15ClN6O2. The van der Waals surface area contributed by atoms with E-state index >= 15 is 0 Å². The summed E-state index contributed by atoms with van der Waals surface area (Å²) in [5, 5.41) is 11.8. The quantitative estimate of drug-likeness (QED) is 0.761. The van der Waals surface area contributed by atoms with Crippen LogP contribution in [0.1, 0.15) is 28.2 Å². The molecule has 1 saturated heterocycles. The van der Waals surface area contributed by atoms with Crippen molar-refractivity contribution < 1.29 is 9.53 Å². The number of nitrogens with zero attached hydrogens (tertiary/aromatic N) is 5. The topological polar surface area (TPSA) is 88.4 Å². The molecule has 1 N–H and O–H groups in total. The van der Waals surface area contributed by atoms with Gasteiger partial charge in [0.05, 0.1) is 18.7 Å². The van der Waals surface area contributed by atoms with Crippen LogP contribution in [0.25, 0.3) is 5.52 Å². The smallest absolute Gasteiger partial charge is 0.274 e. The number of hydrogen-bond acceptors (Lipinski definition) is 5. The molecule has 0 bridgehead atoms. The molecule has 24 heavy (non-hydrogen) atoms. The number of fused-ring (bicyclic) bond motifs is 1. The summed E-state index contributed by atoms with van der Waals surface area (Å²) in [5.74, 6) is 1.14. The molecule has 1 fully saturated rings. The summed E-state index contributed by atoms with van der Waals surface area (Å²) in [6, 6.07) is 5.23. The van der Waals surface area contributed by atoms with Gasteiger partial charge in [-0.15, -0.1) is 0 Å². The number of carbonyl (C=O) groups is 1. The van der Waals surface area contributed by atoms with Gasteiger partial charge in [0.15, 0.2) is 11.5 Å². The molecule has 1 aliphatic heterocycles. The summed E-state index contributed by atoms with van der Waals surface area (Å²) in [4.78, 5) is 18.7. The summed E-state index contributed by atoms with van der Waals surface area (Å²) in [6.45, 7) is 3.16. The maximum atomic E-state index is 12.7. The number of morpholine rings is 1. The van der Waals surface area contributed by atoms with Crippen LogP contribution in [0.4, 0.5) is 0 Å². The molecular weight excluding hydrogens is 332 g/mol. The molecule has 4 heterocycles. The molecule has 124 valence electrons. The summed E-state index contributed by atoms with van der Waals surface area (Å²) < 4.78 is 7.32. The van der Waals surface area contributed by atoms with Crippen molar-refractivity contribution in [3.63, 3.8) is 0 Å². The second-order valence-corrected chi connectivity index (χ2v) is 6.07. The Morgan fingerprint density at radius 3 is 3.12 bits per heavy atom. The predicted molar refractivity (Wildman–Crippen MR) is 85.9 cm³/mol. The van der Waals surface area contributed by atoms with Crippen molar-refractivity contribution in [2.45, 2.75) is 13.0 Å². The lowest BCUT2D eigenvalue weighted by atomic mass is 10.2. The lowest BCUT2D eigenvalue weighted by Gasteiger charge is -2.31. The van der Waals surface area contributed by atoms with E-state index in [9.17, 15) is 4.79 Å². The van der Waals surface area contributed by atoms with Crippen LogP contribution in [-0.2, 0) is 4.74 Å². The van der Waals surface area contributed by atoms with Gasteiger partial charge in [-0.25, -0.2) is 9.50 Å². The molecule has 4 rings (SSSR count). The Morgan fingerprint density at radius 1 is 1.46 bits per heavy atom. The SMILES string of the molecule is Cc1nc([C@@H]2CN(C(=O)c3cc4cc(Cl)ccn4n3)CCO2)n[nH]1. The first kappa shape index (κ1) is 15.1. The first-order chi connectivity index (χ1) is 11.6. The molecule has 3 aromatic heterocycles. The number of aromatic amines is 1. The first-order valence-corrected chi connectivity index (χ1v) is 7.92. The van der Waals surface area contributed by atoms with E-state index in [2.05, 4.69) is 20.3 Å². The minimum atomic E-state index is -0.334. The third-order valence-electron chi connectivity index (χ3n) is 3.90. The van der Waals surface area contributed by atoms with E-state index in [1.54, 1.807) is 33.8 Å². The molecule has 0 spiro atoms. The zero-order valence-electron chi connectivity index (χ0n) is 12.9. The third kappa shape index (κ3) is 2.74. The van der Waals surface area contributed by atoms with Crippen molar-refractivity contribution in [3.05, 3.63) is 46.8 Å². The van der Waals surface area contributed by atoms with Crippen LogP contribution in [0.2, 0.25) is 5.02 Å². The molecule has 0 saturated carbocycles. The van der Waals surface area contributed by atoms with Gasteiger partial charge in [-0.05, 0) is 25.1 Å². The zero-order valence-corrected chi connectivity index (χ0v) is 13.7. The van der Waals surface area contributed by atoms with Gasteiger partial charge in [-0.1, -0.05) is 11.6 Å². The standard InChI is InChI=1S/C15H15ClN6O2/c1-9-17-14(19-18-9)13-8-21(4-5-24-13)15(23)12-7-11-6-10(16)2-3-22(11)20-12/h2-3,6-7,13H,4-5,8H2,1H3,(H,17,18,19)/t13-/m0/s1. The molecule has 1 atom stereocenters. The second-order valence-electron chi connectivity index (χ2n) is 5.63. The second kappa shape index (κ2) is 5.88. The number of aromatic nitrogens is 5. The average molecular weight is 347 g/mol. The van der Waals surface area contributed by atoms with E-state index in [0.29, 0.717) is 42.1 Å². The van der Waals surface area contributed by atoms with Gasteiger partial charge in [0.2, 0.25) is 0 Å². The maximum absolute atomic E-state index is 12.7. The van der Waals surface area contributed by atoms with E-state index in [1.807, 2.05) is 6.92 Å². The zero-order chi connectivity index (χ0) is 16.7. The van der Waals surface area contributed by atoms with Gasteiger partial charge in [0.1, 0.15) is 11.9 Å². The van der Waals surface area contributed by atoms with Crippen LogP contribution in [0.5, 0.6) is 0 Å². The molecule has 9 heteroatoms. The van der Waals surface area contributed by atoms with Crippen LogP contribution < -0.4 is 0 Å². The fourth-order valence-corrected chi connectivity index (χ4v) is 2.90. The van der Waals surface area contributed by atoms with E-state index < -0.39 is 0 Å². The Kier molecular flexibility index (Phi) is 3.70. The summed E-state index contributed by atoms with van der Waals surface area (Å²) in [5.41, 5.74) is 1.16. The predicted octanol–water partition coefficient (Wildman–Crippen LogP) is 1.63. The van der Waals surface area contributed by atoms with Crippen molar-refractivity contribution in [1.29, 1.82) is 0 Å². The van der Waals surface area contributed by atoms with Crippen LogP contribution in [-0.4, -0.2) is 55.3 Å². The van der Waals surface area contributed by atoms with Crippen molar-refractivity contribution in [3.8, 4) is 0 Å². The molecule has 3 aromatic rings. The maximum Gasteiger partial charge on any atom is 0.274 e. The van der Waals surface area contributed by atoms with Crippen molar-refractivity contribution in [1.82, 2.24) is 29.7 Å². The van der Waals surface area contributed by atoms with E-state index in [-0.39, 0.29) is 12.0 Å². The molecule has 0 aromatic carbocycles. The van der Waals surface area contributed by atoms with E-state index in [1.165, 1.54) is 0 Å². The molecule has 0 unspecified atom stereocenters. The number of halogens is 1.